The maximum atomic E-state index is 10.8. The van der Waals surface area contributed by atoms with Gasteiger partial charge in [-0.2, -0.15) is 0 Å². The topological polar surface area (TPSA) is 75.1 Å². The number of carboxylic acids is 1. The highest BCUT2D eigenvalue weighted by Gasteiger charge is 2.08. The third-order valence-electron chi connectivity index (χ3n) is 2.97. The van der Waals surface area contributed by atoms with Crippen LogP contribution in [0.4, 0.5) is 5.95 Å². The van der Waals surface area contributed by atoms with E-state index >= 15 is 0 Å². The lowest BCUT2D eigenvalue weighted by molar-refractivity contribution is 0.0690. The van der Waals surface area contributed by atoms with E-state index in [2.05, 4.69) is 29.1 Å². The molecule has 0 radical (unpaired) electrons. The van der Waals surface area contributed by atoms with Crippen molar-refractivity contribution in [1.82, 2.24) is 9.97 Å². The van der Waals surface area contributed by atoms with Gasteiger partial charge < -0.3 is 10.4 Å². The number of carbonyl (C=O) groups is 1. The van der Waals surface area contributed by atoms with E-state index in [0.29, 0.717) is 11.9 Å². The van der Waals surface area contributed by atoms with Crippen LogP contribution in [0.25, 0.3) is 0 Å². The molecule has 18 heavy (non-hydrogen) atoms. The van der Waals surface area contributed by atoms with Gasteiger partial charge in [0.1, 0.15) is 0 Å². The summed E-state index contributed by atoms with van der Waals surface area (Å²) in [5.41, 5.74) is 0.0223. The standard InChI is InChI=1S/C13H21N3O2/c1-3-5-6-10(4-2)9-15-13-14-8-7-11(16-13)12(17)18/h7-8,10H,3-6,9H2,1-2H3,(H,17,18)(H,14,15,16). The molecule has 0 aliphatic heterocycles. The monoisotopic (exact) mass is 251 g/mol. The first-order chi connectivity index (χ1) is 8.67. The van der Waals surface area contributed by atoms with Crippen molar-refractivity contribution in [2.75, 3.05) is 11.9 Å². The van der Waals surface area contributed by atoms with Gasteiger partial charge in [0.15, 0.2) is 5.69 Å². The fourth-order valence-electron chi connectivity index (χ4n) is 1.74. The summed E-state index contributed by atoms with van der Waals surface area (Å²) in [6.07, 6.45) is 6.16. The Morgan fingerprint density at radius 2 is 2.28 bits per heavy atom. The van der Waals surface area contributed by atoms with E-state index in [0.717, 1.165) is 13.0 Å². The van der Waals surface area contributed by atoms with E-state index in [1.807, 2.05) is 0 Å². The van der Waals surface area contributed by atoms with Crippen molar-refractivity contribution < 1.29 is 9.90 Å². The second-order valence-electron chi connectivity index (χ2n) is 4.37. The fourth-order valence-corrected chi connectivity index (χ4v) is 1.74. The average Bonchev–Trinajstić information content (AvgIpc) is 2.39. The van der Waals surface area contributed by atoms with Crippen molar-refractivity contribution in [1.29, 1.82) is 0 Å². The Balaban J connectivity index is 2.51. The minimum Gasteiger partial charge on any atom is -0.477 e. The lowest BCUT2D eigenvalue weighted by atomic mass is 9.99. The van der Waals surface area contributed by atoms with Gasteiger partial charge in [0.05, 0.1) is 0 Å². The summed E-state index contributed by atoms with van der Waals surface area (Å²) in [4.78, 5) is 18.7. The van der Waals surface area contributed by atoms with Gasteiger partial charge in [0.2, 0.25) is 5.95 Å². The number of hydrogen-bond acceptors (Lipinski definition) is 4. The van der Waals surface area contributed by atoms with Gasteiger partial charge in [0.25, 0.3) is 0 Å². The summed E-state index contributed by atoms with van der Waals surface area (Å²) in [7, 11) is 0. The average molecular weight is 251 g/mol. The van der Waals surface area contributed by atoms with E-state index in [1.54, 1.807) is 0 Å². The van der Waals surface area contributed by atoms with Crippen LogP contribution in [0, 0.1) is 5.92 Å². The van der Waals surface area contributed by atoms with Gasteiger partial charge in [0, 0.05) is 12.7 Å². The summed E-state index contributed by atoms with van der Waals surface area (Å²) in [6, 6.07) is 1.39. The normalized spacial score (nSPS) is 12.1. The summed E-state index contributed by atoms with van der Waals surface area (Å²) >= 11 is 0. The number of aromatic carboxylic acids is 1. The maximum Gasteiger partial charge on any atom is 0.354 e. The molecule has 0 spiro atoms. The summed E-state index contributed by atoms with van der Waals surface area (Å²) < 4.78 is 0. The van der Waals surface area contributed by atoms with Crippen LogP contribution in [0.2, 0.25) is 0 Å². The molecule has 2 N–H and O–H groups in total. The molecule has 5 nitrogen and oxygen atoms in total. The highest BCUT2D eigenvalue weighted by molar-refractivity contribution is 5.85. The fraction of sp³-hybridized carbons (Fsp3) is 0.615. The molecular weight excluding hydrogens is 230 g/mol. The van der Waals surface area contributed by atoms with E-state index in [4.69, 9.17) is 5.11 Å². The third-order valence-corrected chi connectivity index (χ3v) is 2.97. The second-order valence-corrected chi connectivity index (χ2v) is 4.37. The van der Waals surface area contributed by atoms with Crippen LogP contribution in [0.5, 0.6) is 0 Å². The van der Waals surface area contributed by atoms with Crippen LogP contribution in [-0.4, -0.2) is 27.6 Å². The molecule has 5 heteroatoms. The van der Waals surface area contributed by atoms with Gasteiger partial charge in [-0.3, -0.25) is 0 Å². The molecule has 1 atom stereocenters. The Morgan fingerprint density at radius 3 is 2.89 bits per heavy atom. The molecule has 0 fully saturated rings. The number of carboxylic acid groups (broad SMARTS) is 1. The maximum absolute atomic E-state index is 10.8. The number of unbranched alkanes of at least 4 members (excludes halogenated alkanes) is 1. The van der Waals surface area contributed by atoms with Crippen LogP contribution in [0.3, 0.4) is 0 Å². The molecule has 1 aromatic rings. The number of hydrogen-bond donors (Lipinski definition) is 2. The van der Waals surface area contributed by atoms with Crippen LogP contribution in [-0.2, 0) is 0 Å². The van der Waals surface area contributed by atoms with Gasteiger partial charge in [-0.05, 0) is 18.4 Å². The molecule has 1 rings (SSSR count). The second kappa shape index (κ2) is 7.63. The Hall–Kier alpha value is -1.65. The number of nitrogens with one attached hydrogen (secondary N) is 1. The molecule has 1 unspecified atom stereocenters. The first kappa shape index (κ1) is 14.4. The summed E-state index contributed by atoms with van der Waals surface area (Å²) in [5, 5.41) is 11.9. The van der Waals surface area contributed by atoms with Gasteiger partial charge in [-0.15, -0.1) is 0 Å². The van der Waals surface area contributed by atoms with Crippen molar-refractivity contribution in [3.05, 3.63) is 18.0 Å². The largest absolute Gasteiger partial charge is 0.477 e. The van der Waals surface area contributed by atoms with Gasteiger partial charge in [-0.1, -0.05) is 33.1 Å². The van der Waals surface area contributed by atoms with E-state index in [9.17, 15) is 4.79 Å². The SMILES string of the molecule is CCCCC(CC)CNc1nccc(C(=O)O)n1. The smallest absolute Gasteiger partial charge is 0.354 e. The quantitative estimate of drug-likeness (QED) is 0.743. The first-order valence-corrected chi connectivity index (χ1v) is 6.47. The Labute approximate surface area is 108 Å². The van der Waals surface area contributed by atoms with Crippen molar-refractivity contribution >= 4 is 11.9 Å². The third kappa shape index (κ3) is 4.69. The Morgan fingerprint density at radius 1 is 1.50 bits per heavy atom. The molecule has 1 heterocycles. The summed E-state index contributed by atoms with van der Waals surface area (Å²) in [5.74, 6) is -0.0506. The molecule has 0 aliphatic carbocycles. The predicted molar refractivity (Wildman–Crippen MR) is 70.8 cm³/mol. The highest BCUT2D eigenvalue weighted by Crippen LogP contribution is 2.13. The van der Waals surface area contributed by atoms with E-state index in [-0.39, 0.29) is 5.69 Å². The Kier molecular flexibility index (Phi) is 6.11. The van der Waals surface area contributed by atoms with E-state index in [1.165, 1.54) is 31.5 Å². The zero-order valence-corrected chi connectivity index (χ0v) is 11.0. The highest BCUT2D eigenvalue weighted by atomic mass is 16.4. The van der Waals surface area contributed by atoms with Crippen LogP contribution >= 0.6 is 0 Å². The first-order valence-electron chi connectivity index (χ1n) is 6.47. The molecule has 0 saturated carbocycles. The van der Waals surface area contributed by atoms with Crippen molar-refractivity contribution in [3.8, 4) is 0 Å². The van der Waals surface area contributed by atoms with Crippen LogP contribution in [0.1, 0.15) is 50.0 Å². The predicted octanol–water partition coefficient (Wildman–Crippen LogP) is 2.80. The van der Waals surface area contributed by atoms with Crippen LogP contribution in [0.15, 0.2) is 12.3 Å². The molecule has 100 valence electrons. The lowest BCUT2D eigenvalue weighted by Gasteiger charge is -2.15. The van der Waals surface area contributed by atoms with Gasteiger partial charge >= 0.3 is 5.97 Å². The minimum absolute atomic E-state index is 0.0223. The molecule has 0 amide bonds. The summed E-state index contributed by atoms with van der Waals surface area (Å²) in [6.45, 7) is 5.13. The molecule has 1 aromatic heterocycles. The number of rotatable bonds is 8. The molecular formula is C13H21N3O2. The molecule has 0 aromatic carbocycles. The molecule has 0 bridgehead atoms. The number of nitrogens with zero attached hydrogens (tertiary/aromatic N) is 2. The zero-order chi connectivity index (χ0) is 13.4. The molecule has 0 aliphatic rings. The van der Waals surface area contributed by atoms with Crippen molar-refractivity contribution in [3.63, 3.8) is 0 Å². The zero-order valence-electron chi connectivity index (χ0n) is 11.0. The van der Waals surface area contributed by atoms with E-state index < -0.39 is 5.97 Å². The number of anilines is 1. The lowest BCUT2D eigenvalue weighted by Crippen LogP contribution is -2.16. The van der Waals surface area contributed by atoms with Crippen molar-refractivity contribution in [2.24, 2.45) is 5.92 Å². The van der Waals surface area contributed by atoms with Gasteiger partial charge in [-0.25, -0.2) is 14.8 Å². The van der Waals surface area contributed by atoms with Crippen LogP contribution < -0.4 is 5.32 Å². The van der Waals surface area contributed by atoms with Crippen molar-refractivity contribution in [2.45, 2.75) is 39.5 Å². The molecule has 0 saturated heterocycles. The number of aromatic nitrogens is 2. The minimum atomic E-state index is -1.03. The Bertz CT molecular complexity index is 382.